The van der Waals surface area contributed by atoms with Gasteiger partial charge in [0.05, 0.1) is 6.04 Å². The largest absolute Gasteiger partial charge is 0.378 e. The van der Waals surface area contributed by atoms with Gasteiger partial charge in [-0.05, 0) is 36.6 Å². The lowest BCUT2D eigenvalue weighted by Crippen LogP contribution is -2.04. The second kappa shape index (κ2) is 4.45. The molecule has 0 aliphatic heterocycles. The fraction of sp³-hybridized carbons (Fsp3) is 0.167. The maximum atomic E-state index is 12.9. The smallest absolute Gasteiger partial charge is 0.125 e. The normalized spacial score (nSPS) is 12.4. The highest BCUT2D eigenvalue weighted by molar-refractivity contribution is 7.10. The predicted octanol–water partition coefficient (Wildman–Crippen LogP) is 4.06. The summed E-state index contributed by atoms with van der Waals surface area (Å²) in [5.41, 5.74) is 0.816. The van der Waals surface area contributed by atoms with E-state index in [0.29, 0.717) is 0 Å². The van der Waals surface area contributed by atoms with Crippen LogP contribution in [0.25, 0.3) is 0 Å². The average Bonchev–Trinajstić information content (AvgIpc) is 2.70. The molecular formula is C12H12FNS. The zero-order chi connectivity index (χ0) is 10.7. The van der Waals surface area contributed by atoms with Crippen LogP contribution in [0.5, 0.6) is 0 Å². The van der Waals surface area contributed by atoms with Crippen LogP contribution in [-0.4, -0.2) is 0 Å². The van der Waals surface area contributed by atoms with Crippen LogP contribution in [0.15, 0.2) is 41.8 Å². The van der Waals surface area contributed by atoms with Gasteiger partial charge < -0.3 is 5.32 Å². The lowest BCUT2D eigenvalue weighted by Gasteiger charge is -2.13. The minimum absolute atomic E-state index is 0.210. The van der Waals surface area contributed by atoms with E-state index in [0.717, 1.165) is 5.69 Å². The zero-order valence-corrected chi connectivity index (χ0v) is 9.22. The maximum absolute atomic E-state index is 12.9. The van der Waals surface area contributed by atoms with Crippen molar-refractivity contribution in [3.05, 3.63) is 52.5 Å². The summed E-state index contributed by atoms with van der Waals surface area (Å²) in [4.78, 5) is 1.25. The molecule has 0 spiro atoms. The van der Waals surface area contributed by atoms with Crippen LogP contribution in [0.1, 0.15) is 17.8 Å². The molecule has 0 aliphatic carbocycles. The summed E-state index contributed by atoms with van der Waals surface area (Å²) in [5, 5.41) is 5.30. The van der Waals surface area contributed by atoms with Gasteiger partial charge in [-0.1, -0.05) is 12.1 Å². The van der Waals surface area contributed by atoms with E-state index in [1.807, 2.05) is 17.5 Å². The average molecular weight is 221 g/mol. The first-order valence-electron chi connectivity index (χ1n) is 4.81. The van der Waals surface area contributed by atoms with Crippen molar-refractivity contribution in [2.24, 2.45) is 0 Å². The molecule has 2 aromatic rings. The molecule has 3 heteroatoms. The predicted molar refractivity (Wildman–Crippen MR) is 62.8 cm³/mol. The van der Waals surface area contributed by atoms with Crippen LogP contribution < -0.4 is 5.32 Å². The summed E-state index contributed by atoms with van der Waals surface area (Å²) in [5.74, 6) is -0.210. The van der Waals surface area contributed by atoms with Crippen molar-refractivity contribution in [2.45, 2.75) is 13.0 Å². The van der Waals surface area contributed by atoms with Crippen LogP contribution in [0.3, 0.4) is 0 Å². The van der Waals surface area contributed by atoms with E-state index < -0.39 is 0 Å². The lowest BCUT2D eigenvalue weighted by atomic mass is 10.2. The molecule has 2 rings (SSSR count). The third kappa shape index (κ3) is 2.57. The van der Waals surface area contributed by atoms with Gasteiger partial charge in [-0.3, -0.25) is 0 Å². The van der Waals surface area contributed by atoms with Gasteiger partial charge in [0, 0.05) is 10.6 Å². The molecule has 1 N–H and O–H groups in total. The first-order chi connectivity index (χ1) is 7.25. The number of hydrogen-bond donors (Lipinski definition) is 1. The molecule has 15 heavy (non-hydrogen) atoms. The Bertz CT molecular complexity index is 425. The van der Waals surface area contributed by atoms with E-state index in [1.54, 1.807) is 17.4 Å². The van der Waals surface area contributed by atoms with E-state index in [4.69, 9.17) is 0 Å². The molecule has 0 saturated carbocycles. The number of nitrogens with one attached hydrogen (secondary N) is 1. The first kappa shape index (κ1) is 10.2. The summed E-state index contributed by atoms with van der Waals surface area (Å²) in [6.45, 7) is 2.07. The van der Waals surface area contributed by atoms with Gasteiger partial charge in [-0.2, -0.15) is 0 Å². The third-order valence-electron chi connectivity index (χ3n) is 2.18. The first-order valence-corrected chi connectivity index (χ1v) is 5.69. The molecule has 0 saturated heterocycles. The highest BCUT2D eigenvalue weighted by Crippen LogP contribution is 2.23. The van der Waals surface area contributed by atoms with Crippen molar-refractivity contribution in [3.8, 4) is 0 Å². The van der Waals surface area contributed by atoms with Gasteiger partial charge in [0.2, 0.25) is 0 Å². The van der Waals surface area contributed by atoms with Gasteiger partial charge in [-0.25, -0.2) is 4.39 Å². The number of anilines is 1. The Labute approximate surface area is 92.6 Å². The van der Waals surface area contributed by atoms with Gasteiger partial charge in [0.25, 0.3) is 0 Å². The van der Waals surface area contributed by atoms with E-state index in [1.165, 1.54) is 17.0 Å². The van der Waals surface area contributed by atoms with E-state index in [-0.39, 0.29) is 11.9 Å². The molecule has 1 aromatic carbocycles. The molecule has 0 bridgehead atoms. The summed E-state index contributed by atoms with van der Waals surface area (Å²) in [6, 6.07) is 10.8. The summed E-state index contributed by atoms with van der Waals surface area (Å²) < 4.78 is 12.9. The van der Waals surface area contributed by atoms with Crippen molar-refractivity contribution < 1.29 is 4.39 Å². The molecule has 1 aromatic heterocycles. The Balaban J connectivity index is 2.09. The zero-order valence-electron chi connectivity index (χ0n) is 8.41. The Hall–Kier alpha value is -1.35. The Morgan fingerprint density at radius 2 is 2.13 bits per heavy atom. The maximum Gasteiger partial charge on any atom is 0.125 e. The standard InChI is InChI=1S/C12H12FNS/c1-9(12-6-3-7-15-12)14-11-5-2-4-10(13)8-11/h2-9,14H,1H3/t9-/m0/s1. The van der Waals surface area contributed by atoms with Crippen molar-refractivity contribution in [2.75, 3.05) is 5.32 Å². The van der Waals surface area contributed by atoms with Crippen LogP contribution >= 0.6 is 11.3 Å². The minimum atomic E-state index is -0.210. The molecule has 0 radical (unpaired) electrons. The quantitative estimate of drug-likeness (QED) is 0.824. The number of hydrogen-bond acceptors (Lipinski definition) is 2. The number of rotatable bonds is 3. The van der Waals surface area contributed by atoms with Crippen molar-refractivity contribution >= 4 is 17.0 Å². The Morgan fingerprint density at radius 1 is 1.27 bits per heavy atom. The number of halogens is 1. The van der Waals surface area contributed by atoms with E-state index in [9.17, 15) is 4.39 Å². The third-order valence-corrected chi connectivity index (χ3v) is 3.23. The molecule has 1 atom stereocenters. The minimum Gasteiger partial charge on any atom is -0.378 e. The molecule has 0 aliphatic rings. The molecule has 78 valence electrons. The van der Waals surface area contributed by atoms with E-state index in [2.05, 4.69) is 18.3 Å². The summed E-state index contributed by atoms with van der Waals surface area (Å²) >= 11 is 1.70. The van der Waals surface area contributed by atoms with Crippen LogP contribution in [-0.2, 0) is 0 Å². The van der Waals surface area contributed by atoms with Crippen molar-refractivity contribution in [3.63, 3.8) is 0 Å². The van der Waals surface area contributed by atoms with Crippen LogP contribution in [0.4, 0.5) is 10.1 Å². The van der Waals surface area contributed by atoms with Gasteiger partial charge in [-0.15, -0.1) is 11.3 Å². The molecule has 0 fully saturated rings. The fourth-order valence-corrected chi connectivity index (χ4v) is 2.17. The monoisotopic (exact) mass is 221 g/mol. The van der Waals surface area contributed by atoms with Gasteiger partial charge >= 0.3 is 0 Å². The number of benzene rings is 1. The van der Waals surface area contributed by atoms with Gasteiger partial charge in [0.15, 0.2) is 0 Å². The molecule has 1 heterocycles. The molecule has 1 nitrogen and oxygen atoms in total. The SMILES string of the molecule is C[C@H](Nc1cccc(F)c1)c1cccs1. The Morgan fingerprint density at radius 3 is 2.80 bits per heavy atom. The number of thiophene rings is 1. The van der Waals surface area contributed by atoms with Crippen LogP contribution in [0, 0.1) is 5.82 Å². The molecular weight excluding hydrogens is 209 g/mol. The lowest BCUT2D eigenvalue weighted by molar-refractivity contribution is 0.628. The van der Waals surface area contributed by atoms with Crippen molar-refractivity contribution in [1.82, 2.24) is 0 Å². The second-order valence-corrected chi connectivity index (χ2v) is 4.37. The highest BCUT2D eigenvalue weighted by atomic mass is 32.1. The second-order valence-electron chi connectivity index (χ2n) is 3.39. The fourth-order valence-electron chi connectivity index (χ4n) is 1.44. The Kier molecular flexibility index (Phi) is 3.02. The topological polar surface area (TPSA) is 12.0 Å². The molecule has 0 amide bonds. The molecule has 0 unspecified atom stereocenters. The van der Waals surface area contributed by atoms with Crippen LogP contribution in [0.2, 0.25) is 0 Å². The van der Waals surface area contributed by atoms with E-state index >= 15 is 0 Å². The highest BCUT2D eigenvalue weighted by Gasteiger charge is 2.05. The summed E-state index contributed by atoms with van der Waals surface area (Å²) in [6.07, 6.45) is 0. The summed E-state index contributed by atoms with van der Waals surface area (Å²) in [7, 11) is 0. The van der Waals surface area contributed by atoms with Crippen molar-refractivity contribution in [1.29, 1.82) is 0 Å². The van der Waals surface area contributed by atoms with Gasteiger partial charge in [0.1, 0.15) is 5.82 Å².